The molecule has 5 heteroatoms. The Labute approximate surface area is 79.1 Å². The van der Waals surface area contributed by atoms with Gasteiger partial charge in [-0.1, -0.05) is 6.92 Å². The molecule has 0 aliphatic heterocycles. The second-order valence-electron chi connectivity index (χ2n) is 2.71. The van der Waals surface area contributed by atoms with Gasteiger partial charge < -0.3 is 14.4 Å². The van der Waals surface area contributed by atoms with Crippen LogP contribution in [-0.4, -0.2) is 36.1 Å². The van der Waals surface area contributed by atoms with E-state index in [4.69, 9.17) is 9.84 Å². The van der Waals surface area contributed by atoms with Crippen molar-refractivity contribution in [3.8, 4) is 0 Å². The number of carboxylic acids is 1. The Morgan fingerprint density at radius 1 is 1.54 bits per heavy atom. The molecule has 2 unspecified atom stereocenters. The molecular weight excluding hydrogens is 191 g/mol. The van der Waals surface area contributed by atoms with E-state index < -0.39 is 19.4 Å². The largest absolute Gasteiger partial charge is 0.481 e. The van der Waals surface area contributed by atoms with Crippen molar-refractivity contribution in [1.29, 1.82) is 0 Å². The van der Waals surface area contributed by atoms with E-state index in [2.05, 4.69) is 0 Å². The van der Waals surface area contributed by atoms with E-state index >= 15 is 0 Å². The van der Waals surface area contributed by atoms with Crippen LogP contribution in [0.4, 0.5) is 0 Å². The first-order chi connectivity index (χ1) is 6.13. The lowest BCUT2D eigenvalue weighted by Crippen LogP contribution is -2.16. The molecule has 0 fully saturated rings. The maximum Gasteiger partial charge on any atom is 0.313 e. The number of carboxylic acid groups (broad SMARTS) is 1. The normalized spacial score (nSPS) is 15.2. The van der Waals surface area contributed by atoms with Crippen LogP contribution in [0.25, 0.3) is 0 Å². The van der Waals surface area contributed by atoms with Gasteiger partial charge in [-0.3, -0.25) is 4.79 Å². The molecule has 0 aliphatic carbocycles. The van der Waals surface area contributed by atoms with Crippen LogP contribution in [0.5, 0.6) is 0 Å². The molecule has 0 bridgehead atoms. The van der Waals surface area contributed by atoms with Gasteiger partial charge >= 0.3 is 5.97 Å². The van der Waals surface area contributed by atoms with Crippen LogP contribution in [0.2, 0.25) is 0 Å². The van der Waals surface area contributed by atoms with Gasteiger partial charge in [-0.05, 0) is 13.3 Å². The van der Waals surface area contributed by atoms with Crippen LogP contribution in [0.15, 0.2) is 0 Å². The van der Waals surface area contributed by atoms with E-state index in [9.17, 15) is 9.36 Å². The average molecular weight is 208 g/mol. The minimum atomic E-state index is -2.03. The summed E-state index contributed by atoms with van der Waals surface area (Å²) in [5, 5.41) is 8.68. The van der Waals surface area contributed by atoms with Crippen LogP contribution < -0.4 is 0 Å². The number of ether oxygens (including phenoxy) is 1. The van der Waals surface area contributed by atoms with Crippen molar-refractivity contribution in [2.45, 2.75) is 25.9 Å². The molecule has 0 amide bonds. The number of carbonyl (C=O) groups is 1. The molecule has 0 rings (SSSR count). The van der Waals surface area contributed by atoms with E-state index in [1.165, 1.54) is 0 Å². The number of aliphatic carboxylic acids is 1. The fourth-order valence-electron chi connectivity index (χ4n) is 1.03. The molecule has 0 aromatic rings. The summed E-state index contributed by atoms with van der Waals surface area (Å²) in [7, 11) is -2.03. The first kappa shape index (κ1) is 12.7. The quantitative estimate of drug-likeness (QED) is 0.508. The first-order valence-corrected chi connectivity index (χ1v) is 6.16. The summed E-state index contributed by atoms with van der Waals surface area (Å²) in [4.78, 5) is 10.6. The van der Waals surface area contributed by atoms with Crippen LogP contribution in [0, 0.1) is 0 Å². The molecule has 0 spiro atoms. The highest BCUT2D eigenvalue weighted by Gasteiger charge is 2.21. The molecule has 0 aromatic heterocycles. The predicted octanol–water partition coefficient (Wildman–Crippen LogP) is 1.45. The Morgan fingerprint density at radius 3 is 2.54 bits per heavy atom. The Hall–Kier alpha value is -0.340. The lowest BCUT2D eigenvalue weighted by Gasteiger charge is -2.09. The first-order valence-electron chi connectivity index (χ1n) is 4.46. The highest BCUT2D eigenvalue weighted by molar-refractivity contribution is 7.46. The maximum absolute atomic E-state index is 11.4. The topological polar surface area (TPSA) is 63.6 Å². The van der Waals surface area contributed by atoms with Crippen LogP contribution in [0.1, 0.15) is 20.3 Å². The summed E-state index contributed by atoms with van der Waals surface area (Å²) in [6.07, 6.45) is 0.808. The Morgan fingerprint density at radius 2 is 2.15 bits per heavy atom. The lowest BCUT2D eigenvalue weighted by atomic mass is 10.3. The van der Waals surface area contributed by atoms with Crippen molar-refractivity contribution in [2.75, 3.05) is 19.4 Å². The summed E-state index contributed by atoms with van der Waals surface area (Å²) < 4.78 is 16.4. The molecule has 0 saturated heterocycles. The highest BCUT2D eigenvalue weighted by Crippen LogP contribution is 2.29. The molecule has 78 valence electrons. The zero-order valence-electron chi connectivity index (χ0n) is 8.08. The van der Waals surface area contributed by atoms with Crippen molar-refractivity contribution in [3.63, 3.8) is 0 Å². The van der Waals surface area contributed by atoms with E-state index in [0.717, 1.165) is 0 Å². The van der Waals surface area contributed by atoms with Crippen molar-refractivity contribution >= 4 is 13.8 Å². The third-order valence-corrected chi connectivity index (χ3v) is 3.92. The molecule has 1 N–H and O–H groups in total. The summed E-state index contributed by atoms with van der Waals surface area (Å²) in [6.45, 7) is 4.57. The van der Waals surface area contributed by atoms with E-state index in [0.29, 0.717) is 25.8 Å². The van der Waals surface area contributed by atoms with Gasteiger partial charge in [-0.15, -0.1) is 0 Å². The van der Waals surface area contributed by atoms with Crippen molar-refractivity contribution < 1.29 is 19.2 Å². The van der Waals surface area contributed by atoms with Gasteiger partial charge in [0.1, 0.15) is 5.66 Å². The smallest absolute Gasteiger partial charge is 0.313 e. The molecule has 13 heavy (non-hydrogen) atoms. The molecule has 0 heterocycles. The third-order valence-electron chi connectivity index (χ3n) is 1.79. The fraction of sp³-hybridized carbons (Fsp3) is 0.875. The van der Waals surface area contributed by atoms with Gasteiger partial charge in [0.25, 0.3) is 0 Å². The monoisotopic (exact) mass is 208 g/mol. The number of rotatable bonds is 7. The summed E-state index contributed by atoms with van der Waals surface area (Å²) in [5.74, 6) is -0.956. The number of hydrogen-bond donors (Lipinski definition) is 1. The molecule has 0 aliphatic rings. The Balaban J connectivity index is 3.85. The summed E-state index contributed by atoms with van der Waals surface area (Å²) >= 11 is 0. The predicted molar refractivity (Wildman–Crippen MR) is 52.1 cm³/mol. The van der Waals surface area contributed by atoms with Crippen molar-refractivity contribution in [1.82, 2.24) is 0 Å². The van der Waals surface area contributed by atoms with Crippen molar-refractivity contribution in [3.05, 3.63) is 0 Å². The van der Waals surface area contributed by atoms with Crippen LogP contribution in [0.3, 0.4) is 0 Å². The molecule has 0 radical (unpaired) electrons. The fourth-order valence-corrected chi connectivity index (χ4v) is 2.46. The lowest BCUT2D eigenvalue weighted by molar-refractivity contribution is -0.136. The standard InChI is InChI=1S/C8H17O4P/c1-3-7(8(9)10)13(11)6-5-12-4-2/h7,13H,3-6H2,1-2H3,(H,9,10). The molecule has 2 atom stereocenters. The van der Waals surface area contributed by atoms with Gasteiger partial charge in [0.15, 0.2) is 0 Å². The minimum Gasteiger partial charge on any atom is -0.481 e. The summed E-state index contributed by atoms with van der Waals surface area (Å²) in [5.41, 5.74) is -0.676. The Kier molecular flexibility index (Phi) is 6.92. The molecule has 4 nitrogen and oxygen atoms in total. The second-order valence-corrected chi connectivity index (χ2v) is 4.84. The van der Waals surface area contributed by atoms with Crippen molar-refractivity contribution in [2.24, 2.45) is 0 Å². The highest BCUT2D eigenvalue weighted by atomic mass is 31.1. The maximum atomic E-state index is 11.4. The van der Waals surface area contributed by atoms with E-state index in [1.807, 2.05) is 6.92 Å². The zero-order valence-corrected chi connectivity index (χ0v) is 9.08. The molecule has 0 aromatic carbocycles. The minimum absolute atomic E-state index is 0.378. The van der Waals surface area contributed by atoms with Crippen LogP contribution in [-0.2, 0) is 14.1 Å². The molecular formula is C8H17O4P. The number of hydrogen-bond acceptors (Lipinski definition) is 3. The van der Waals surface area contributed by atoms with E-state index in [1.54, 1.807) is 6.92 Å². The van der Waals surface area contributed by atoms with Gasteiger partial charge in [0.2, 0.25) is 0 Å². The zero-order chi connectivity index (χ0) is 10.3. The third kappa shape index (κ3) is 5.06. The Bertz CT molecular complexity index is 181. The van der Waals surface area contributed by atoms with Gasteiger partial charge in [-0.2, -0.15) is 0 Å². The summed E-state index contributed by atoms with van der Waals surface area (Å²) in [6, 6.07) is 0. The average Bonchev–Trinajstić information content (AvgIpc) is 2.05. The molecule has 0 saturated carbocycles. The van der Waals surface area contributed by atoms with Gasteiger partial charge in [-0.25, -0.2) is 0 Å². The van der Waals surface area contributed by atoms with Crippen LogP contribution >= 0.6 is 7.80 Å². The van der Waals surface area contributed by atoms with Gasteiger partial charge in [0.05, 0.1) is 14.4 Å². The van der Waals surface area contributed by atoms with E-state index in [-0.39, 0.29) is 0 Å². The second kappa shape index (κ2) is 7.10. The van der Waals surface area contributed by atoms with Gasteiger partial charge in [0, 0.05) is 12.8 Å². The SMILES string of the molecule is CCOCC[PH](=O)C(CC)C(=O)O.